The van der Waals surface area contributed by atoms with Gasteiger partial charge in [-0.2, -0.15) is 0 Å². The second-order valence-corrected chi connectivity index (χ2v) is 5.39. The molecule has 0 aliphatic rings. The molecule has 0 spiro atoms. The molecule has 2 aromatic heterocycles. The maximum atomic E-state index is 9.83. The number of aliphatic hydroxyl groups is 3. The van der Waals surface area contributed by atoms with Gasteiger partial charge in [0, 0.05) is 31.3 Å². The van der Waals surface area contributed by atoms with Gasteiger partial charge in [-0.25, -0.2) is 0 Å². The minimum Gasteiger partial charge on any atom is -0.657 e. The van der Waals surface area contributed by atoms with E-state index in [1.54, 1.807) is 12.4 Å². The Balaban J connectivity index is -0.000000359. The molecule has 0 aliphatic heterocycles. The van der Waals surface area contributed by atoms with Crippen LogP contribution in [0.1, 0.15) is 26.2 Å². The zero-order valence-electron chi connectivity index (χ0n) is 15.5. The molecule has 0 radical (unpaired) electrons. The smallest absolute Gasteiger partial charge is 0.657 e. The third-order valence-electron chi connectivity index (χ3n) is 2.96. The third kappa shape index (κ3) is 18.5. The summed E-state index contributed by atoms with van der Waals surface area (Å²) in [6.07, 6.45) is 2.52. The van der Waals surface area contributed by atoms with Crippen molar-refractivity contribution in [2.24, 2.45) is 0 Å². The molecule has 1 atom stereocenters. The minimum absolute atomic E-state index is 0. The average molecular weight is 494 g/mol. The second-order valence-electron chi connectivity index (χ2n) is 5.39. The van der Waals surface area contributed by atoms with Crippen LogP contribution >= 0.6 is 0 Å². The predicted molar refractivity (Wildman–Crippen MR) is 103 cm³/mol. The van der Waals surface area contributed by atoms with Crippen LogP contribution < -0.4 is 0 Å². The number of aliphatic hydroxyl groups excluding tert-OH is 2. The van der Waals surface area contributed by atoms with Gasteiger partial charge in [0.2, 0.25) is 0 Å². The third-order valence-corrected chi connectivity index (χ3v) is 2.96. The van der Waals surface area contributed by atoms with Crippen LogP contribution in [0.4, 0.5) is 0 Å². The molecule has 10 heteroatoms. The Labute approximate surface area is 188 Å². The van der Waals surface area contributed by atoms with Gasteiger partial charge in [-0.1, -0.05) is 12.1 Å². The summed E-state index contributed by atoms with van der Waals surface area (Å²) >= 11 is 0. The summed E-state index contributed by atoms with van der Waals surface area (Å²) in [7, 11) is 0. The quantitative estimate of drug-likeness (QED) is 0.275. The molecule has 0 saturated heterocycles. The van der Waals surface area contributed by atoms with E-state index in [4.69, 9.17) is 10.2 Å². The fourth-order valence-corrected chi connectivity index (χ4v) is 1.84. The normalized spacial score (nSPS) is 10.5. The van der Waals surface area contributed by atoms with Crippen molar-refractivity contribution in [3.8, 4) is 0 Å². The fourth-order valence-electron chi connectivity index (χ4n) is 1.84. The van der Waals surface area contributed by atoms with Crippen LogP contribution in [-0.2, 0) is 47.2 Å². The van der Waals surface area contributed by atoms with Crippen molar-refractivity contribution in [1.82, 2.24) is 9.97 Å². The maximum Gasteiger partial charge on any atom is 1.00 e. The van der Waals surface area contributed by atoms with Crippen LogP contribution in [0.15, 0.2) is 48.8 Å². The Bertz CT molecular complexity index is 557. The van der Waals surface area contributed by atoms with Gasteiger partial charge >= 0.3 is 34.1 Å². The molecule has 2 heterocycles. The van der Waals surface area contributed by atoms with E-state index in [9.17, 15) is 5.11 Å². The van der Waals surface area contributed by atoms with Gasteiger partial charge < -0.3 is 31.4 Å². The van der Waals surface area contributed by atoms with E-state index >= 15 is 0 Å². The number of pyridine rings is 2. The Morgan fingerprint density at radius 2 is 1.36 bits per heavy atom. The maximum absolute atomic E-state index is 9.83. The molecule has 0 aliphatic carbocycles. The van der Waals surface area contributed by atoms with Crippen LogP contribution in [0.3, 0.4) is 0 Å². The fraction of sp³-hybridized carbons (Fsp3) is 0.444. The molecule has 5 N–H and O–H groups in total. The first-order chi connectivity index (χ1) is 12.1. The van der Waals surface area contributed by atoms with Gasteiger partial charge in [-0.3, -0.25) is 9.97 Å². The molecule has 0 aromatic carbocycles. The Morgan fingerprint density at radius 1 is 0.893 bits per heavy atom. The average Bonchev–Trinajstić information content (AvgIpc) is 2.60. The number of hydrogen-bond donors (Lipinski definition) is 3. The Morgan fingerprint density at radius 3 is 1.79 bits per heavy atom. The summed E-state index contributed by atoms with van der Waals surface area (Å²) in [5, 5.41) is 33.7. The van der Waals surface area contributed by atoms with E-state index in [1.807, 2.05) is 36.4 Å². The minimum atomic E-state index is -1.17. The van der Waals surface area contributed by atoms with E-state index in [0.717, 1.165) is 11.4 Å². The molecule has 2 aromatic rings. The van der Waals surface area contributed by atoms with Gasteiger partial charge in [0.05, 0.1) is 0 Å². The Kier molecular flexibility index (Phi) is 23.6. The summed E-state index contributed by atoms with van der Waals surface area (Å²) in [6, 6.07) is 11.5. The topological polar surface area (TPSA) is 146 Å². The van der Waals surface area contributed by atoms with Crippen LogP contribution in [0.25, 0.3) is 10.6 Å². The number of aromatic nitrogens is 2. The van der Waals surface area contributed by atoms with Gasteiger partial charge in [0.1, 0.15) is 6.29 Å². The SMILES string of the molecule is CC(O)O.O.O[C@H](CC[N-]Cc1ccccn1)C[N-]Cc1ccccn1.[Cu+].[Cu+].[HH]. The van der Waals surface area contributed by atoms with E-state index in [-0.39, 0.29) is 41.0 Å². The van der Waals surface area contributed by atoms with Gasteiger partial charge in [-0.05, 0) is 37.6 Å². The zero-order valence-corrected chi connectivity index (χ0v) is 17.4. The molecule has 0 fully saturated rings. The first-order valence-electron chi connectivity index (χ1n) is 8.18. The van der Waals surface area contributed by atoms with E-state index < -0.39 is 12.4 Å². The summed E-state index contributed by atoms with van der Waals surface area (Å²) < 4.78 is 0. The molecule has 0 amide bonds. The molecule has 2 rings (SSSR count). The van der Waals surface area contributed by atoms with Crippen molar-refractivity contribution in [3.63, 3.8) is 0 Å². The van der Waals surface area contributed by atoms with Crippen molar-refractivity contribution < 1.29 is 56.4 Å². The monoisotopic (exact) mass is 492 g/mol. The molecule has 0 bridgehead atoms. The zero-order chi connectivity index (χ0) is 18.3. The van der Waals surface area contributed by atoms with Crippen LogP contribution in [0, 0.1) is 0 Å². The van der Waals surface area contributed by atoms with E-state index in [0.29, 0.717) is 32.6 Å². The molecule has 28 heavy (non-hydrogen) atoms. The van der Waals surface area contributed by atoms with Gasteiger partial charge in [-0.15, -0.1) is 26.2 Å². The van der Waals surface area contributed by atoms with Crippen molar-refractivity contribution in [1.29, 1.82) is 0 Å². The van der Waals surface area contributed by atoms with Crippen LogP contribution in [-0.4, -0.2) is 56.2 Å². The van der Waals surface area contributed by atoms with Crippen molar-refractivity contribution in [2.45, 2.75) is 38.8 Å². The predicted octanol–water partition coefficient (Wildman–Crippen LogP) is 1.41. The molecule has 0 unspecified atom stereocenters. The van der Waals surface area contributed by atoms with E-state index in [2.05, 4.69) is 20.6 Å². The molecular weight excluding hydrogens is 463 g/mol. The molecule has 0 saturated carbocycles. The standard InChI is InChI=1S/C16H20N4O.C2H6O2.2Cu.H2O.H2/c21-16(13-18-12-15-6-2-4-9-20-15)7-10-17-11-14-5-1-3-8-19-14;1-2(3)4;;;;/h1-6,8-9,16,21H,7,10-13H2;2-4H,1H3;;;1H2;1H/q-2;;2*+1;;/t16-;;;;;/m1...../s1. The number of rotatable bonds is 9. The summed E-state index contributed by atoms with van der Waals surface area (Å²) in [5.74, 6) is 0. The molecule has 168 valence electrons. The first-order valence-corrected chi connectivity index (χ1v) is 8.18. The Hall–Kier alpha value is -0.901. The molecule has 8 nitrogen and oxygen atoms in total. The van der Waals surface area contributed by atoms with Crippen LogP contribution in [0.5, 0.6) is 0 Å². The first kappa shape index (κ1) is 31.8. The largest absolute Gasteiger partial charge is 1.00 e. The van der Waals surface area contributed by atoms with Crippen molar-refractivity contribution in [2.75, 3.05) is 13.1 Å². The van der Waals surface area contributed by atoms with Gasteiger partial charge in [0.15, 0.2) is 0 Å². The number of nitrogens with zero attached hydrogens (tertiary/aromatic N) is 4. The van der Waals surface area contributed by atoms with Crippen molar-refractivity contribution >= 4 is 0 Å². The number of hydrogen-bond acceptors (Lipinski definition) is 5. The van der Waals surface area contributed by atoms with E-state index in [1.165, 1.54) is 6.92 Å². The summed E-state index contributed by atoms with van der Waals surface area (Å²) in [5.41, 5.74) is 1.87. The summed E-state index contributed by atoms with van der Waals surface area (Å²) in [6.45, 7) is 3.47. The summed E-state index contributed by atoms with van der Waals surface area (Å²) in [4.78, 5) is 8.38. The van der Waals surface area contributed by atoms with Crippen molar-refractivity contribution in [3.05, 3.63) is 70.8 Å². The van der Waals surface area contributed by atoms with Gasteiger partial charge in [0.25, 0.3) is 0 Å². The second kappa shape index (κ2) is 20.8. The van der Waals surface area contributed by atoms with Crippen LogP contribution in [0.2, 0.25) is 0 Å². The molecular formula is C18H30Cu2N4O4.